The van der Waals surface area contributed by atoms with Gasteiger partial charge < -0.3 is 10.2 Å². The van der Waals surface area contributed by atoms with Crippen molar-refractivity contribution in [2.45, 2.75) is 32.1 Å². The average molecular weight is 335 g/mol. The lowest BCUT2D eigenvalue weighted by molar-refractivity contribution is 0.210. The summed E-state index contributed by atoms with van der Waals surface area (Å²) in [4.78, 5) is 7.31. The van der Waals surface area contributed by atoms with Gasteiger partial charge in [-0.15, -0.1) is 0 Å². The van der Waals surface area contributed by atoms with Crippen LogP contribution in [0.3, 0.4) is 0 Å². The maximum Gasteiger partial charge on any atom is 0.155 e. The van der Waals surface area contributed by atoms with Crippen molar-refractivity contribution >= 4 is 17.0 Å². The molecule has 2 aromatic heterocycles. The third-order valence-corrected chi connectivity index (χ3v) is 4.90. The van der Waals surface area contributed by atoms with Crippen LogP contribution in [-0.4, -0.2) is 39.1 Å². The highest BCUT2D eigenvalue weighted by Crippen LogP contribution is 2.26. The van der Waals surface area contributed by atoms with Crippen LogP contribution < -0.4 is 5.32 Å². The smallest absolute Gasteiger partial charge is 0.155 e. The maximum atomic E-state index is 4.76. The Hall–Kier alpha value is -2.40. The first-order valence-electron chi connectivity index (χ1n) is 9.22. The number of nitrogens with one attached hydrogen (secondary N) is 1. The number of benzene rings is 1. The number of fused-ring (bicyclic) bond motifs is 1. The summed E-state index contributed by atoms with van der Waals surface area (Å²) < 4.78 is 1.90. The molecule has 1 aliphatic rings. The predicted molar refractivity (Wildman–Crippen MR) is 101 cm³/mol. The molecule has 0 spiro atoms. The molecule has 0 bridgehead atoms. The van der Waals surface area contributed by atoms with Crippen molar-refractivity contribution in [3.8, 4) is 0 Å². The number of pyridine rings is 1. The molecule has 1 aromatic carbocycles. The summed E-state index contributed by atoms with van der Waals surface area (Å²) in [5.74, 6) is 1.48. The molecule has 130 valence electrons. The lowest BCUT2D eigenvalue weighted by atomic mass is 9.96. The second-order valence-corrected chi connectivity index (χ2v) is 6.80. The Balaban J connectivity index is 1.49. The molecule has 0 amide bonds. The monoisotopic (exact) mass is 335 g/mol. The Morgan fingerprint density at radius 2 is 1.84 bits per heavy atom. The molecule has 5 heteroatoms. The van der Waals surface area contributed by atoms with Gasteiger partial charge in [-0.3, -0.25) is 0 Å². The van der Waals surface area contributed by atoms with E-state index in [0.29, 0.717) is 5.92 Å². The van der Waals surface area contributed by atoms with Gasteiger partial charge in [0.15, 0.2) is 11.5 Å². The van der Waals surface area contributed by atoms with Crippen molar-refractivity contribution in [2.24, 2.45) is 0 Å². The van der Waals surface area contributed by atoms with Gasteiger partial charge in [-0.25, -0.2) is 9.50 Å². The number of piperidine rings is 1. The van der Waals surface area contributed by atoms with Gasteiger partial charge in [0, 0.05) is 11.6 Å². The van der Waals surface area contributed by atoms with E-state index < -0.39 is 0 Å². The van der Waals surface area contributed by atoms with Crippen LogP contribution in [0.25, 0.3) is 5.65 Å². The van der Waals surface area contributed by atoms with Gasteiger partial charge in [-0.1, -0.05) is 25.1 Å². The molecule has 3 aromatic rings. The topological polar surface area (TPSA) is 45.5 Å². The SMILES string of the molecule is CCCN1CCC(c2nc3ccc(Nc4ccccc4)cn3n2)CC1. The first-order valence-corrected chi connectivity index (χ1v) is 9.22. The lowest BCUT2D eigenvalue weighted by Gasteiger charge is -2.30. The van der Waals surface area contributed by atoms with E-state index in [4.69, 9.17) is 10.1 Å². The summed E-state index contributed by atoms with van der Waals surface area (Å²) in [6.07, 6.45) is 5.57. The summed E-state index contributed by atoms with van der Waals surface area (Å²) in [6.45, 7) is 5.78. The van der Waals surface area contributed by atoms with Crippen molar-refractivity contribution < 1.29 is 0 Å². The van der Waals surface area contributed by atoms with E-state index in [2.05, 4.69) is 35.3 Å². The van der Waals surface area contributed by atoms with Crippen LogP contribution in [0.15, 0.2) is 48.7 Å². The summed E-state index contributed by atoms with van der Waals surface area (Å²) in [5, 5.41) is 8.17. The van der Waals surface area contributed by atoms with E-state index in [1.54, 1.807) is 0 Å². The quantitative estimate of drug-likeness (QED) is 0.764. The van der Waals surface area contributed by atoms with Crippen LogP contribution in [0.5, 0.6) is 0 Å². The molecule has 0 aliphatic carbocycles. The molecule has 4 rings (SSSR count). The van der Waals surface area contributed by atoms with Gasteiger partial charge in [0.05, 0.1) is 11.9 Å². The number of likely N-dealkylation sites (tertiary alicyclic amines) is 1. The molecule has 1 aliphatic heterocycles. The fourth-order valence-electron chi connectivity index (χ4n) is 3.57. The largest absolute Gasteiger partial charge is 0.354 e. The number of hydrogen-bond acceptors (Lipinski definition) is 4. The standard InChI is InChI=1S/C20H25N5/c1-2-12-24-13-10-16(11-14-24)20-22-19-9-8-18(15-25(19)23-20)21-17-6-4-3-5-7-17/h3-9,15-16,21H,2,10-14H2,1H3. The molecule has 5 nitrogen and oxygen atoms in total. The minimum Gasteiger partial charge on any atom is -0.354 e. The normalized spacial score (nSPS) is 16.4. The van der Waals surface area contributed by atoms with Crippen molar-refractivity contribution in [3.05, 3.63) is 54.5 Å². The number of rotatable bonds is 5. The van der Waals surface area contributed by atoms with E-state index in [0.717, 1.165) is 48.8 Å². The second kappa shape index (κ2) is 7.23. The number of anilines is 2. The van der Waals surface area contributed by atoms with Gasteiger partial charge in [-0.05, 0) is 63.2 Å². The third kappa shape index (κ3) is 3.66. The van der Waals surface area contributed by atoms with Crippen LogP contribution in [0.2, 0.25) is 0 Å². The minimum atomic E-state index is 0.485. The second-order valence-electron chi connectivity index (χ2n) is 6.80. The fourth-order valence-corrected chi connectivity index (χ4v) is 3.57. The number of nitrogens with zero attached hydrogens (tertiary/aromatic N) is 4. The zero-order valence-corrected chi connectivity index (χ0v) is 14.7. The molecule has 0 radical (unpaired) electrons. The summed E-state index contributed by atoms with van der Waals surface area (Å²) >= 11 is 0. The van der Waals surface area contributed by atoms with Crippen LogP contribution in [0.4, 0.5) is 11.4 Å². The van der Waals surface area contributed by atoms with Crippen molar-refractivity contribution in [2.75, 3.05) is 25.0 Å². The highest BCUT2D eigenvalue weighted by molar-refractivity contribution is 5.60. The van der Waals surface area contributed by atoms with Gasteiger partial charge in [0.1, 0.15) is 0 Å². The molecule has 0 unspecified atom stereocenters. The molecule has 1 N–H and O–H groups in total. The average Bonchev–Trinajstić information content (AvgIpc) is 3.07. The highest BCUT2D eigenvalue weighted by Gasteiger charge is 2.23. The fraction of sp³-hybridized carbons (Fsp3) is 0.400. The zero-order chi connectivity index (χ0) is 17.1. The zero-order valence-electron chi connectivity index (χ0n) is 14.7. The molecular weight excluding hydrogens is 310 g/mol. The summed E-state index contributed by atoms with van der Waals surface area (Å²) in [5.41, 5.74) is 3.02. The number of para-hydroxylation sites is 1. The Morgan fingerprint density at radius 1 is 1.04 bits per heavy atom. The van der Waals surface area contributed by atoms with E-state index in [9.17, 15) is 0 Å². The van der Waals surface area contributed by atoms with E-state index in [1.165, 1.54) is 13.0 Å². The third-order valence-electron chi connectivity index (χ3n) is 4.90. The summed E-state index contributed by atoms with van der Waals surface area (Å²) in [7, 11) is 0. The number of aromatic nitrogens is 3. The van der Waals surface area contributed by atoms with Gasteiger partial charge in [-0.2, -0.15) is 5.10 Å². The Kier molecular flexibility index (Phi) is 4.65. The predicted octanol–water partition coefficient (Wildman–Crippen LogP) is 4.06. The molecule has 1 saturated heterocycles. The van der Waals surface area contributed by atoms with Gasteiger partial charge in [0.2, 0.25) is 0 Å². The molecule has 3 heterocycles. The Bertz CT molecular complexity index is 818. The number of hydrogen-bond donors (Lipinski definition) is 1. The Labute approximate surface area is 148 Å². The van der Waals surface area contributed by atoms with E-state index in [-0.39, 0.29) is 0 Å². The summed E-state index contributed by atoms with van der Waals surface area (Å²) in [6, 6.07) is 14.3. The molecule has 0 atom stereocenters. The lowest BCUT2D eigenvalue weighted by Crippen LogP contribution is -2.33. The van der Waals surface area contributed by atoms with Gasteiger partial charge >= 0.3 is 0 Å². The molecule has 25 heavy (non-hydrogen) atoms. The Morgan fingerprint density at radius 3 is 2.60 bits per heavy atom. The van der Waals surface area contributed by atoms with Crippen molar-refractivity contribution in [1.29, 1.82) is 0 Å². The van der Waals surface area contributed by atoms with Crippen LogP contribution in [-0.2, 0) is 0 Å². The van der Waals surface area contributed by atoms with Crippen LogP contribution >= 0.6 is 0 Å². The van der Waals surface area contributed by atoms with Crippen LogP contribution in [0.1, 0.15) is 37.9 Å². The molecule has 0 saturated carbocycles. The van der Waals surface area contributed by atoms with Crippen molar-refractivity contribution in [3.63, 3.8) is 0 Å². The van der Waals surface area contributed by atoms with Gasteiger partial charge in [0.25, 0.3) is 0 Å². The molecular formula is C20H25N5. The first kappa shape index (κ1) is 16.1. The maximum absolute atomic E-state index is 4.76. The minimum absolute atomic E-state index is 0.485. The van der Waals surface area contributed by atoms with E-state index >= 15 is 0 Å². The molecule has 1 fully saturated rings. The highest BCUT2D eigenvalue weighted by atomic mass is 15.3. The van der Waals surface area contributed by atoms with Crippen LogP contribution in [0, 0.1) is 0 Å². The van der Waals surface area contributed by atoms with Crippen molar-refractivity contribution in [1.82, 2.24) is 19.5 Å². The van der Waals surface area contributed by atoms with E-state index in [1.807, 2.05) is 35.0 Å². The first-order chi connectivity index (χ1) is 12.3.